The topological polar surface area (TPSA) is 108 Å². The minimum atomic E-state index is -1.22. The molecule has 0 aromatic heterocycles. The molecule has 0 aliphatic rings. The molecule has 0 bridgehead atoms. The molecular weight excluding hydrogens is 518 g/mol. The Balaban J connectivity index is 2.65. The molecule has 3 N–H and O–H groups in total. The van der Waals surface area contributed by atoms with Crippen molar-refractivity contribution in [2.45, 2.75) is 92.5 Å². The summed E-state index contributed by atoms with van der Waals surface area (Å²) in [6.45, 7) is 16.1. The summed E-state index contributed by atoms with van der Waals surface area (Å²) >= 11 is 6.40. The molecule has 9 heteroatoms. The van der Waals surface area contributed by atoms with Gasteiger partial charge in [0.1, 0.15) is 23.4 Å². The number of nitrogens with zero attached hydrogens (tertiary/aromatic N) is 1. The normalized spacial score (nSPS) is 13.8. The van der Waals surface area contributed by atoms with E-state index in [9.17, 15) is 19.5 Å². The van der Waals surface area contributed by atoms with Crippen molar-refractivity contribution in [1.29, 1.82) is 0 Å². The zero-order chi connectivity index (χ0) is 29.7. The first-order valence-corrected chi connectivity index (χ1v) is 13.6. The lowest BCUT2D eigenvalue weighted by molar-refractivity contribution is -0.144. The van der Waals surface area contributed by atoms with E-state index in [-0.39, 0.29) is 17.2 Å². The van der Waals surface area contributed by atoms with Gasteiger partial charge in [-0.3, -0.25) is 9.59 Å². The van der Waals surface area contributed by atoms with Gasteiger partial charge in [0, 0.05) is 11.6 Å². The van der Waals surface area contributed by atoms with E-state index < -0.39 is 41.6 Å². The van der Waals surface area contributed by atoms with Crippen LogP contribution in [0.4, 0.5) is 10.5 Å². The van der Waals surface area contributed by atoms with Crippen LogP contribution in [0.2, 0.25) is 5.02 Å². The molecule has 2 aromatic carbocycles. The van der Waals surface area contributed by atoms with Gasteiger partial charge in [0.05, 0.1) is 10.7 Å². The highest BCUT2D eigenvalue weighted by atomic mass is 35.5. The maximum atomic E-state index is 14.3. The number of phenols is 1. The quantitative estimate of drug-likeness (QED) is 0.324. The largest absolute Gasteiger partial charge is 0.507 e. The van der Waals surface area contributed by atoms with Crippen molar-refractivity contribution in [3.63, 3.8) is 0 Å². The molecule has 0 saturated carbocycles. The van der Waals surface area contributed by atoms with Crippen LogP contribution in [0.5, 0.6) is 5.75 Å². The number of rotatable bonds is 9. The Kier molecular flexibility index (Phi) is 10.8. The molecule has 0 aliphatic carbocycles. The fourth-order valence-corrected chi connectivity index (χ4v) is 4.53. The first-order valence-electron chi connectivity index (χ1n) is 13.2. The number of carbonyl (C=O) groups is 3. The number of ether oxygens (including phenoxy) is 1. The molecule has 0 aliphatic heterocycles. The summed E-state index contributed by atoms with van der Waals surface area (Å²) in [5, 5.41) is 17.0. The number of amides is 3. The minimum Gasteiger partial charge on any atom is -0.507 e. The number of anilines is 1. The van der Waals surface area contributed by atoms with E-state index >= 15 is 0 Å². The van der Waals surface area contributed by atoms with Gasteiger partial charge in [-0.05, 0) is 71.6 Å². The molecule has 39 heavy (non-hydrogen) atoms. The zero-order valence-electron chi connectivity index (χ0n) is 24.4. The number of para-hydroxylation sites is 2. The lowest BCUT2D eigenvalue weighted by atomic mass is 9.94. The summed E-state index contributed by atoms with van der Waals surface area (Å²) in [4.78, 5) is 42.4. The van der Waals surface area contributed by atoms with E-state index in [4.69, 9.17) is 16.3 Å². The first-order chi connectivity index (χ1) is 18.1. The second-order valence-corrected chi connectivity index (χ2v) is 11.6. The molecule has 2 rings (SSSR count). The van der Waals surface area contributed by atoms with Crippen LogP contribution in [0.1, 0.15) is 77.6 Å². The number of benzene rings is 2. The van der Waals surface area contributed by atoms with Gasteiger partial charge in [-0.25, -0.2) is 4.79 Å². The summed E-state index contributed by atoms with van der Waals surface area (Å²) in [5.41, 5.74) is 1.23. The summed E-state index contributed by atoms with van der Waals surface area (Å²) in [7, 11) is 0. The van der Waals surface area contributed by atoms with Crippen molar-refractivity contribution >= 4 is 35.2 Å². The summed E-state index contributed by atoms with van der Waals surface area (Å²) in [5.74, 6) is -1.38. The number of hydrogen-bond acceptors (Lipinski definition) is 5. The number of halogens is 1. The van der Waals surface area contributed by atoms with Crippen molar-refractivity contribution in [1.82, 2.24) is 10.2 Å². The Labute approximate surface area is 237 Å². The van der Waals surface area contributed by atoms with Gasteiger partial charge in [0.15, 0.2) is 0 Å². The number of alkyl carbamates (subject to hydrolysis) is 1. The van der Waals surface area contributed by atoms with Crippen LogP contribution < -0.4 is 10.6 Å². The maximum absolute atomic E-state index is 14.3. The van der Waals surface area contributed by atoms with Crippen LogP contribution in [-0.4, -0.2) is 45.6 Å². The Bertz CT molecular complexity index is 1170. The standard InChI is InChI=1S/C30H42ClN3O5/c1-10-18(4)24(33-29(38)39-30(7,8)9)28(37)34(17(2)3)25(21-15-11-14-20(6)26(21)35)27(36)32-23-19(5)13-12-16-22(23)31/h11-18,24-25,35H,10H2,1-9H3,(H,32,36)(H,33,38). The Morgan fingerprint density at radius 3 is 2.15 bits per heavy atom. The van der Waals surface area contributed by atoms with E-state index in [1.165, 1.54) is 4.90 Å². The zero-order valence-corrected chi connectivity index (χ0v) is 25.1. The molecular formula is C30H42ClN3O5. The Hall–Kier alpha value is -3.26. The number of nitrogens with one attached hydrogen (secondary N) is 2. The first kappa shape index (κ1) is 32.0. The number of hydrogen-bond donors (Lipinski definition) is 3. The van der Waals surface area contributed by atoms with E-state index in [0.717, 1.165) is 5.56 Å². The van der Waals surface area contributed by atoms with E-state index in [1.807, 2.05) is 26.8 Å². The van der Waals surface area contributed by atoms with Crippen molar-refractivity contribution in [2.75, 3.05) is 5.32 Å². The highest BCUT2D eigenvalue weighted by molar-refractivity contribution is 6.34. The molecule has 0 fully saturated rings. The third kappa shape index (κ3) is 8.12. The summed E-state index contributed by atoms with van der Waals surface area (Å²) in [6.07, 6.45) is -0.139. The lowest BCUT2D eigenvalue weighted by Crippen LogP contribution is -2.56. The van der Waals surface area contributed by atoms with Crippen molar-refractivity contribution in [2.24, 2.45) is 5.92 Å². The third-order valence-electron chi connectivity index (χ3n) is 6.52. The molecule has 0 radical (unpaired) electrons. The van der Waals surface area contributed by atoms with E-state index in [0.29, 0.717) is 22.7 Å². The second kappa shape index (κ2) is 13.2. The van der Waals surface area contributed by atoms with Crippen LogP contribution in [0.15, 0.2) is 36.4 Å². The van der Waals surface area contributed by atoms with Crippen LogP contribution in [0, 0.1) is 19.8 Å². The fourth-order valence-electron chi connectivity index (χ4n) is 4.26. The predicted octanol–water partition coefficient (Wildman–Crippen LogP) is 6.52. The van der Waals surface area contributed by atoms with Crippen molar-refractivity contribution in [3.05, 3.63) is 58.1 Å². The maximum Gasteiger partial charge on any atom is 0.408 e. The average molecular weight is 560 g/mol. The number of aryl methyl sites for hydroxylation is 2. The highest BCUT2D eigenvalue weighted by Gasteiger charge is 2.40. The van der Waals surface area contributed by atoms with Gasteiger partial charge in [0.25, 0.3) is 5.91 Å². The van der Waals surface area contributed by atoms with Gasteiger partial charge < -0.3 is 25.4 Å². The van der Waals surface area contributed by atoms with Gasteiger partial charge in [0.2, 0.25) is 5.91 Å². The van der Waals surface area contributed by atoms with Crippen LogP contribution in [0.3, 0.4) is 0 Å². The monoisotopic (exact) mass is 559 g/mol. The molecule has 0 heterocycles. The predicted molar refractivity (Wildman–Crippen MR) is 155 cm³/mol. The molecule has 3 unspecified atom stereocenters. The molecule has 0 saturated heterocycles. The van der Waals surface area contributed by atoms with Gasteiger partial charge >= 0.3 is 6.09 Å². The molecule has 3 atom stereocenters. The smallest absolute Gasteiger partial charge is 0.408 e. The van der Waals surface area contributed by atoms with Crippen LogP contribution in [0.25, 0.3) is 0 Å². The van der Waals surface area contributed by atoms with E-state index in [1.54, 1.807) is 71.9 Å². The van der Waals surface area contributed by atoms with Crippen molar-refractivity contribution in [3.8, 4) is 5.75 Å². The molecule has 214 valence electrons. The van der Waals surface area contributed by atoms with E-state index in [2.05, 4.69) is 10.6 Å². The number of aromatic hydroxyl groups is 1. The van der Waals surface area contributed by atoms with Gasteiger partial charge in [-0.15, -0.1) is 0 Å². The number of carbonyl (C=O) groups excluding carboxylic acids is 3. The number of phenolic OH excluding ortho intramolecular Hbond substituents is 1. The average Bonchev–Trinajstić information content (AvgIpc) is 2.83. The fraction of sp³-hybridized carbons (Fsp3) is 0.500. The molecule has 8 nitrogen and oxygen atoms in total. The second-order valence-electron chi connectivity index (χ2n) is 11.2. The van der Waals surface area contributed by atoms with Gasteiger partial charge in [-0.1, -0.05) is 62.2 Å². The summed E-state index contributed by atoms with van der Waals surface area (Å²) < 4.78 is 5.43. The van der Waals surface area contributed by atoms with Gasteiger partial charge in [-0.2, -0.15) is 0 Å². The van der Waals surface area contributed by atoms with Crippen LogP contribution in [-0.2, 0) is 14.3 Å². The summed E-state index contributed by atoms with van der Waals surface area (Å²) in [6, 6.07) is 7.64. The molecule has 2 aromatic rings. The molecule has 3 amide bonds. The highest BCUT2D eigenvalue weighted by Crippen LogP contribution is 2.36. The Morgan fingerprint density at radius 1 is 1.03 bits per heavy atom. The molecule has 0 spiro atoms. The Morgan fingerprint density at radius 2 is 1.62 bits per heavy atom. The third-order valence-corrected chi connectivity index (χ3v) is 6.84. The minimum absolute atomic E-state index is 0.0906. The SMILES string of the molecule is CCC(C)C(NC(=O)OC(C)(C)C)C(=O)N(C(C)C)C(C(=O)Nc1c(C)cccc1Cl)c1cccc(C)c1O. The van der Waals surface area contributed by atoms with Crippen LogP contribution >= 0.6 is 11.6 Å². The lowest BCUT2D eigenvalue weighted by Gasteiger charge is -2.38. The van der Waals surface area contributed by atoms with Crippen molar-refractivity contribution < 1.29 is 24.2 Å².